The fraction of sp³-hybridized carbons (Fsp3) is 0.229. The Morgan fingerprint density at radius 1 is 0.917 bits per heavy atom. The summed E-state index contributed by atoms with van der Waals surface area (Å²) in [5, 5.41) is 4.76. The van der Waals surface area contributed by atoms with E-state index >= 15 is 0 Å². The van der Waals surface area contributed by atoms with Crippen LogP contribution in [0.1, 0.15) is 27.2 Å². The van der Waals surface area contributed by atoms with Crippen LogP contribution in [0.5, 0.6) is 11.6 Å². The fourth-order valence-corrected chi connectivity index (χ4v) is 5.65. The Labute approximate surface area is 273 Å². The number of carbonyl (C=O) groups is 1. The number of ether oxygens (including phenoxy) is 1. The summed E-state index contributed by atoms with van der Waals surface area (Å²) in [5.41, 5.74) is 3.82. The molecule has 0 N–H and O–H groups in total. The number of aromatic nitrogens is 5. The number of rotatable bonds is 7. The smallest absolute Gasteiger partial charge is 0.416 e. The van der Waals surface area contributed by atoms with Gasteiger partial charge in [-0.05, 0) is 42.8 Å². The van der Waals surface area contributed by atoms with Gasteiger partial charge in [-0.15, -0.1) is 0 Å². The van der Waals surface area contributed by atoms with Crippen molar-refractivity contribution in [2.75, 3.05) is 26.2 Å². The number of carbonyl (C=O) groups excluding carboxylic acids is 1. The van der Waals surface area contributed by atoms with E-state index in [0.29, 0.717) is 30.1 Å². The van der Waals surface area contributed by atoms with Gasteiger partial charge in [0.25, 0.3) is 11.8 Å². The second kappa shape index (κ2) is 12.6. The Morgan fingerprint density at radius 2 is 1.67 bits per heavy atom. The van der Waals surface area contributed by atoms with Gasteiger partial charge in [0.2, 0.25) is 11.7 Å². The Kier molecular flexibility index (Phi) is 8.13. The van der Waals surface area contributed by atoms with Crippen LogP contribution in [0.15, 0.2) is 89.7 Å². The highest BCUT2D eigenvalue weighted by Gasteiger charge is 2.30. The molecular formula is C35H30F3N7O3. The fourth-order valence-electron chi connectivity index (χ4n) is 5.65. The van der Waals surface area contributed by atoms with Crippen molar-refractivity contribution in [2.45, 2.75) is 19.6 Å². The highest BCUT2D eigenvalue weighted by atomic mass is 19.4. The normalized spacial score (nSPS) is 14.1. The van der Waals surface area contributed by atoms with E-state index in [4.69, 9.17) is 9.26 Å². The Balaban J connectivity index is 0.989. The first-order valence-electron chi connectivity index (χ1n) is 15.3. The number of hydrogen-bond donors (Lipinski definition) is 0. The molecule has 48 heavy (non-hydrogen) atoms. The molecule has 6 aromatic rings. The van der Waals surface area contributed by atoms with Crippen LogP contribution in [0.2, 0.25) is 0 Å². The van der Waals surface area contributed by atoms with Crippen molar-refractivity contribution in [1.29, 1.82) is 0 Å². The molecule has 3 aromatic carbocycles. The topological polar surface area (TPSA) is 102 Å². The third-order valence-corrected chi connectivity index (χ3v) is 8.39. The maximum Gasteiger partial charge on any atom is 0.416 e. The van der Waals surface area contributed by atoms with E-state index < -0.39 is 11.7 Å². The lowest BCUT2D eigenvalue weighted by Gasteiger charge is -2.34. The largest absolute Gasteiger partial charge is 0.437 e. The molecule has 0 radical (unpaired) electrons. The second-order valence-corrected chi connectivity index (χ2v) is 11.7. The van der Waals surface area contributed by atoms with Gasteiger partial charge in [-0.3, -0.25) is 9.69 Å². The highest BCUT2D eigenvalue weighted by Crippen LogP contribution is 2.31. The van der Waals surface area contributed by atoms with E-state index in [0.717, 1.165) is 42.7 Å². The van der Waals surface area contributed by atoms with E-state index in [1.165, 1.54) is 35.7 Å². The van der Waals surface area contributed by atoms with Crippen LogP contribution in [0.3, 0.4) is 0 Å². The predicted octanol–water partition coefficient (Wildman–Crippen LogP) is 6.76. The number of aryl methyl sites for hydroxylation is 2. The highest BCUT2D eigenvalue weighted by molar-refractivity contribution is 5.99. The van der Waals surface area contributed by atoms with Gasteiger partial charge in [0.05, 0.1) is 23.5 Å². The molecule has 13 heteroatoms. The van der Waals surface area contributed by atoms with Crippen LogP contribution < -0.4 is 4.74 Å². The lowest BCUT2D eigenvalue weighted by Crippen LogP contribution is -2.48. The number of halogens is 3. The molecule has 4 heterocycles. The predicted molar refractivity (Wildman–Crippen MR) is 171 cm³/mol. The lowest BCUT2D eigenvalue weighted by molar-refractivity contribution is -0.137. The number of hydrogen-bond acceptors (Lipinski definition) is 8. The van der Waals surface area contributed by atoms with E-state index in [1.807, 2.05) is 34.7 Å². The van der Waals surface area contributed by atoms with Gasteiger partial charge in [0.15, 0.2) is 0 Å². The third-order valence-electron chi connectivity index (χ3n) is 8.39. The van der Waals surface area contributed by atoms with Crippen molar-refractivity contribution < 1.29 is 27.2 Å². The second-order valence-electron chi connectivity index (χ2n) is 11.7. The zero-order valence-electron chi connectivity index (χ0n) is 26.1. The molecule has 1 amide bonds. The van der Waals surface area contributed by atoms with E-state index in [2.05, 4.69) is 56.2 Å². The molecule has 1 fully saturated rings. The number of alkyl halides is 3. The zero-order valence-corrected chi connectivity index (χ0v) is 26.1. The summed E-state index contributed by atoms with van der Waals surface area (Å²) in [6.45, 7) is 5.90. The molecule has 0 bridgehead atoms. The van der Waals surface area contributed by atoms with Crippen molar-refractivity contribution in [3.63, 3.8) is 0 Å². The molecule has 0 unspecified atom stereocenters. The molecular weight excluding hydrogens is 623 g/mol. The standard InChI is InChI=1S/C35H30F3N7O3/c1-22-3-5-23(6-4-22)21-44-13-15-45(16-14-44)34(46)30-17-25-9-12-27(18-29(25)43(30)2)47-31-20-39-28(19-40-31)33-41-32(42-48-33)24-7-10-26(11-8-24)35(36,37)38/h3-12,17-20H,13-16,21H2,1-2H3. The molecule has 1 aliphatic heterocycles. The zero-order chi connectivity index (χ0) is 33.4. The lowest BCUT2D eigenvalue weighted by atomic mass is 10.1. The number of piperazine rings is 1. The maximum absolute atomic E-state index is 13.5. The summed E-state index contributed by atoms with van der Waals surface area (Å²) in [6.07, 6.45) is -1.63. The average molecular weight is 654 g/mol. The number of fused-ring (bicyclic) bond motifs is 1. The first-order chi connectivity index (χ1) is 23.1. The molecule has 0 atom stereocenters. The van der Waals surface area contributed by atoms with Crippen molar-refractivity contribution >= 4 is 16.8 Å². The van der Waals surface area contributed by atoms with Crippen molar-refractivity contribution in [2.24, 2.45) is 7.05 Å². The van der Waals surface area contributed by atoms with E-state index in [9.17, 15) is 18.0 Å². The van der Waals surface area contributed by atoms with E-state index in [1.54, 1.807) is 6.07 Å². The first kappa shape index (κ1) is 31.1. The summed E-state index contributed by atoms with van der Waals surface area (Å²) in [4.78, 5) is 30.6. The van der Waals surface area contributed by atoms with Crippen LogP contribution in [0, 0.1) is 6.92 Å². The molecule has 1 aliphatic rings. The van der Waals surface area contributed by atoms with Crippen LogP contribution >= 0.6 is 0 Å². The molecule has 1 saturated heterocycles. The minimum atomic E-state index is -4.44. The summed E-state index contributed by atoms with van der Waals surface area (Å²) in [7, 11) is 1.87. The Hall–Kier alpha value is -5.56. The summed E-state index contributed by atoms with van der Waals surface area (Å²) in [6, 6.07) is 20.5. The summed E-state index contributed by atoms with van der Waals surface area (Å²) < 4.78 is 51.7. The van der Waals surface area contributed by atoms with Gasteiger partial charge in [-0.1, -0.05) is 47.1 Å². The van der Waals surface area contributed by atoms with Crippen molar-refractivity contribution in [1.82, 2.24) is 34.5 Å². The minimum Gasteiger partial charge on any atom is -0.437 e. The molecule has 3 aromatic heterocycles. The van der Waals surface area contributed by atoms with Crippen LogP contribution in [-0.2, 0) is 19.8 Å². The number of benzene rings is 3. The molecule has 244 valence electrons. The monoisotopic (exact) mass is 653 g/mol. The Morgan fingerprint density at radius 3 is 2.35 bits per heavy atom. The van der Waals surface area contributed by atoms with Crippen molar-refractivity contribution in [3.05, 3.63) is 108 Å². The van der Waals surface area contributed by atoms with Crippen LogP contribution in [0.25, 0.3) is 33.9 Å². The van der Waals surface area contributed by atoms with Gasteiger partial charge >= 0.3 is 6.18 Å². The average Bonchev–Trinajstić information content (AvgIpc) is 3.71. The van der Waals surface area contributed by atoms with Gasteiger partial charge in [0, 0.05) is 56.8 Å². The first-order valence-corrected chi connectivity index (χ1v) is 15.3. The molecule has 0 saturated carbocycles. The van der Waals surface area contributed by atoms with Gasteiger partial charge in [-0.25, -0.2) is 9.97 Å². The van der Waals surface area contributed by atoms with Gasteiger partial charge in [0.1, 0.15) is 17.1 Å². The SMILES string of the molecule is Cc1ccc(CN2CCN(C(=O)c3cc4ccc(Oc5cnc(-c6nc(-c7ccc(C(F)(F)F)cc7)no6)cn5)cc4n3C)CC2)cc1. The molecule has 10 nitrogen and oxygen atoms in total. The molecule has 7 rings (SSSR count). The molecule has 0 aliphatic carbocycles. The number of amides is 1. The molecule has 0 spiro atoms. The van der Waals surface area contributed by atoms with Crippen LogP contribution in [-0.4, -0.2) is 66.6 Å². The maximum atomic E-state index is 13.5. The van der Waals surface area contributed by atoms with Gasteiger partial charge in [-0.2, -0.15) is 18.2 Å². The van der Waals surface area contributed by atoms with Crippen LogP contribution in [0.4, 0.5) is 13.2 Å². The summed E-state index contributed by atoms with van der Waals surface area (Å²) >= 11 is 0. The number of nitrogens with zero attached hydrogens (tertiary/aromatic N) is 7. The Bertz CT molecular complexity index is 2060. The van der Waals surface area contributed by atoms with Gasteiger partial charge < -0.3 is 18.7 Å². The van der Waals surface area contributed by atoms with E-state index in [-0.39, 0.29) is 29.2 Å². The minimum absolute atomic E-state index is 0.00452. The quantitative estimate of drug-likeness (QED) is 0.186. The summed E-state index contributed by atoms with van der Waals surface area (Å²) in [5.74, 6) is 0.899. The third kappa shape index (κ3) is 6.49. The van der Waals surface area contributed by atoms with Crippen molar-refractivity contribution in [3.8, 4) is 34.6 Å².